The second kappa shape index (κ2) is 8.56. The summed E-state index contributed by atoms with van der Waals surface area (Å²) in [5.74, 6) is 0.342. The summed E-state index contributed by atoms with van der Waals surface area (Å²) in [6.45, 7) is 2.51. The van der Waals surface area contributed by atoms with E-state index < -0.39 is 5.82 Å². The van der Waals surface area contributed by atoms with Crippen LogP contribution in [0.1, 0.15) is 48.4 Å². The monoisotopic (exact) mass is 354 g/mol. The predicted molar refractivity (Wildman–Crippen MR) is 101 cm³/mol. The Morgan fingerprint density at radius 3 is 2.88 bits per heavy atom. The van der Waals surface area contributed by atoms with Gasteiger partial charge >= 0.3 is 0 Å². The molecule has 1 aliphatic carbocycles. The quantitative estimate of drug-likeness (QED) is 0.751. The molecule has 3 rings (SSSR count). The van der Waals surface area contributed by atoms with Crippen LogP contribution in [-0.2, 0) is 0 Å². The minimum absolute atomic E-state index is 0.251. The van der Waals surface area contributed by atoms with Crippen molar-refractivity contribution in [3.63, 3.8) is 0 Å². The lowest BCUT2D eigenvalue weighted by atomic mass is 9.97. The van der Waals surface area contributed by atoms with Gasteiger partial charge in [-0.2, -0.15) is 0 Å². The van der Waals surface area contributed by atoms with Crippen LogP contribution in [0.25, 0.3) is 0 Å². The predicted octanol–water partition coefficient (Wildman–Crippen LogP) is 4.48. The average molecular weight is 354 g/mol. The Balaban J connectivity index is 1.62. The molecule has 0 fully saturated rings. The molecule has 0 atom stereocenters. The summed E-state index contributed by atoms with van der Waals surface area (Å²) in [7, 11) is 0. The van der Waals surface area contributed by atoms with Crippen molar-refractivity contribution < 1.29 is 9.18 Å². The van der Waals surface area contributed by atoms with E-state index in [1.807, 2.05) is 0 Å². The van der Waals surface area contributed by atoms with Gasteiger partial charge in [0, 0.05) is 18.3 Å². The average Bonchev–Trinajstić information content (AvgIpc) is 2.62. The van der Waals surface area contributed by atoms with Crippen molar-refractivity contribution >= 4 is 17.4 Å². The molecule has 1 amide bonds. The molecule has 136 valence electrons. The second-order valence-electron chi connectivity index (χ2n) is 6.44. The van der Waals surface area contributed by atoms with Crippen LogP contribution in [0, 0.1) is 12.7 Å². The highest BCUT2D eigenvalue weighted by molar-refractivity contribution is 6.03. The van der Waals surface area contributed by atoms with E-state index in [1.165, 1.54) is 43.4 Å². The lowest BCUT2D eigenvalue weighted by Crippen LogP contribution is -2.16. The Morgan fingerprint density at radius 1 is 1.23 bits per heavy atom. The molecule has 5 nitrogen and oxygen atoms in total. The zero-order valence-corrected chi connectivity index (χ0v) is 14.9. The molecule has 0 spiro atoms. The number of carbonyl (C=O) groups is 1. The van der Waals surface area contributed by atoms with Crippen molar-refractivity contribution in [3.05, 3.63) is 59.3 Å². The molecule has 0 saturated carbocycles. The van der Waals surface area contributed by atoms with Gasteiger partial charge in [-0.05, 0) is 57.2 Å². The fourth-order valence-corrected chi connectivity index (χ4v) is 3.02. The Kier molecular flexibility index (Phi) is 5.94. The van der Waals surface area contributed by atoms with E-state index >= 15 is 0 Å². The number of rotatable bonds is 6. The molecule has 1 aromatic carbocycles. The minimum atomic E-state index is -0.402. The van der Waals surface area contributed by atoms with Crippen LogP contribution in [-0.4, -0.2) is 22.4 Å². The van der Waals surface area contributed by atoms with Crippen LogP contribution >= 0.6 is 0 Å². The number of aromatic nitrogens is 2. The first-order chi connectivity index (χ1) is 12.6. The van der Waals surface area contributed by atoms with Gasteiger partial charge in [-0.15, -0.1) is 0 Å². The molecule has 0 aliphatic heterocycles. The molecular weight excluding hydrogens is 331 g/mol. The largest absolute Gasteiger partial charge is 0.370 e. The number of amides is 1. The van der Waals surface area contributed by atoms with Crippen LogP contribution in [0.3, 0.4) is 0 Å². The molecule has 0 unspecified atom stereocenters. The fourth-order valence-electron chi connectivity index (χ4n) is 3.02. The van der Waals surface area contributed by atoms with Crippen LogP contribution in [0.15, 0.2) is 42.0 Å². The Morgan fingerprint density at radius 2 is 2.12 bits per heavy atom. The van der Waals surface area contributed by atoms with Gasteiger partial charge < -0.3 is 10.6 Å². The number of nitrogens with one attached hydrogen (secondary N) is 2. The number of aryl methyl sites for hydroxylation is 1. The first-order valence-electron chi connectivity index (χ1n) is 8.94. The van der Waals surface area contributed by atoms with E-state index in [0.29, 0.717) is 17.3 Å². The number of nitrogens with zero attached hydrogens (tertiary/aromatic N) is 2. The summed E-state index contributed by atoms with van der Waals surface area (Å²) in [6.07, 6.45) is 8.20. The molecule has 0 bridgehead atoms. The van der Waals surface area contributed by atoms with E-state index in [4.69, 9.17) is 0 Å². The summed E-state index contributed by atoms with van der Waals surface area (Å²) in [6, 6.07) is 7.39. The normalized spacial score (nSPS) is 13.8. The van der Waals surface area contributed by atoms with Crippen molar-refractivity contribution in [2.45, 2.75) is 39.0 Å². The topological polar surface area (TPSA) is 66.9 Å². The van der Waals surface area contributed by atoms with Gasteiger partial charge in [0.2, 0.25) is 0 Å². The SMILES string of the molecule is Cc1nc(NCCC2=CCCCC2)cc(C(=O)Nc2cccc(F)c2)n1. The maximum Gasteiger partial charge on any atom is 0.274 e. The third-order valence-corrected chi connectivity index (χ3v) is 4.29. The lowest BCUT2D eigenvalue weighted by molar-refractivity contribution is 0.102. The van der Waals surface area contributed by atoms with Gasteiger partial charge in [-0.3, -0.25) is 4.79 Å². The third-order valence-electron chi connectivity index (χ3n) is 4.29. The van der Waals surface area contributed by atoms with E-state index in [0.717, 1.165) is 13.0 Å². The second-order valence-corrected chi connectivity index (χ2v) is 6.44. The molecule has 1 heterocycles. The number of benzene rings is 1. The van der Waals surface area contributed by atoms with Crippen molar-refractivity contribution in [3.8, 4) is 0 Å². The Hall–Kier alpha value is -2.76. The number of hydrogen-bond donors (Lipinski definition) is 2. The highest BCUT2D eigenvalue weighted by Crippen LogP contribution is 2.20. The van der Waals surface area contributed by atoms with Crippen LogP contribution in [0.5, 0.6) is 0 Å². The Bertz CT molecular complexity index is 819. The molecule has 0 radical (unpaired) electrons. The van der Waals surface area contributed by atoms with Gasteiger partial charge in [0.05, 0.1) is 0 Å². The summed E-state index contributed by atoms with van der Waals surface area (Å²) < 4.78 is 13.2. The molecule has 1 aliphatic rings. The number of halogens is 1. The first-order valence-corrected chi connectivity index (χ1v) is 8.94. The maximum absolute atomic E-state index is 13.2. The van der Waals surface area contributed by atoms with Crippen molar-refractivity contribution in [2.24, 2.45) is 0 Å². The summed E-state index contributed by atoms with van der Waals surface area (Å²) in [5.41, 5.74) is 2.13. The zero-order valence-electron chi connectivity index (χ0n) is 14.9. The van der Waals surface area contributed by atoms with Gasteiger partial charge in [0.1, 0.15) is 23.2 Å². The summed E-state index contributed by atoms with van der Waals surface area (Å²) in [4.78, 5) is 20.9. The zero-order chi connectivity index (χ0) is 18.4. The van der Waals surface area contributed by atoms with Crippen molar-refractivity contribution in [1.82, 2.24) is 9.97 Å². The smallest absolute Gasteiger partial charge is 0.274 e. The Labute approximate surface area is 152 Å². The molecule has 2 aromatic rings. The summed E-state index contributed by atoms with van der Waals surface area (Å²) >= 11 is 0. The fraction of sp³-hybridized carbons (Fsp3) is 0.350. The lowest BCUT2D eigenvalue weighted by Gasteiger charge is -2.13. The highest BCUT2D eigenvalue weighted by atomic mass is 19.1. The van der Waals surface area contributed by atoms with Crippen LogP contribution in [0.4, 0.5) is 15.9 Å². The number of anilines is 2. The van der Waals surface area contributed by atoms with Crippen molar-refractivity contribution in [2.75, 3.05) is 17.2 Å². The maximum atomic E-state index is 13.2. The van der Waals surface area contributed by atoms with E-state index in [1.54, 1.807) is 25.1 Å². The number of carbonyl (C=O) groups excluding carboxylic acids is 1. The van der Waals surface area contributed by atoms with E-state index in [9.17, 15) is 9.18 Å². The summed E-state index contributed by atoms with van der Waals surface area (Å²) in [5, 5.41) is 5.92. The van der Waals surface area contributed by atoms with Gasteiger partial charge in [0.25, 0.3) is 5.91 Å². The molecule has 26 heavy (non-hydrogen) atoms. The van der Waals surface area contributed by atoms with Crippen molar-refractivity contribution in [1.29, 1.82) is 0 Å². The third kappa shape index (κ3) is 5.12. The molecule has 1 aromatic heterocycles. The first kappa shape index (κ1) is 18.0. The van der Waals surface area contributed by atoms with Crippen LogP contribution in [0.2, 0.25) is 0 Å². The minimum Gasteiger partial charge on any atom is -0.370 e. The molecule has 0 saturated heterocycles. The van der Waals surface area contributed by atoms with Gasteiger partial charge in [-0.25, -0.2) is 14.4 Å². The standard InChI is InChI=1S/C20H23FN4O/c1-14-23-18(20(26)25-17-9-5-8-16(21)12-17)13-19(24-14)22-11-10-15-6-3-2-4-7-15/h5-6,8-9,12-13H,2-4,7,10-11H2,1H3,(H,25,26)(H,22,23,24). The van der Waals surface area contributed by atoms with E-state index in [2.05, 4.69) is 26.7 Å². The van der Waals surface area contributed by atoms with Crippen LogP contribution < -0.4 is 10.6 Å². The van der Waals surface area contributed by atoms with Gasteiger partial charge in [-0.1, -0.05) is 17.7 Å². The molecule has 6 heteroatoms. The molecule has 2 N–H and O–H groups in total. The highest BCUT2D eigenvalue weighted by Gasteiger charge is 2.11. The van der Waals surface area contributed by atoms with Gasteiger partial charge in [0.15, 0.2) is 0 Å². The number of hydrogen-bond acceptors (Lipinski definition) is 4. The van der Waals surface area contributed by atoms with E-state index in [-0.39, 0.29) is 11.6 Å². The molecular formula is C20H23FN4O. The number of allylic oxidation sites excluding steroid dienone is 1.